The topological polar surface area (TPSA) is 49.4 Å². The first-order valence-electron chi connectivity index (χ1n) is 8.96. The molecule has 3 aromatic carbocycles. The molecule has 30 heavy (non-hydrogen) atoms. The number of thiocarbonyl (C=S) groups is 1. The minimum absolute atomic E-state index is 0.0214. The number of anilines is 1. The molecule has 148 valence electrons. The van der Waals surface area contributed by atoms with E-state index in [0.29, 0.717) is 27.4 Å². The maximum atomic E-state index is 14.4. The highest BCUT2D eigenvalue weighted by Gasteiger charge is 2.34. The minimum Gasteiger partial charge on any atom is -0.298 e. The van der Waals surface area contributed by atoms with Crippen molar-refractivity contribution in [1.82, 2.24) is 5.32 Å². The Morgan fingerprint density at radius 2 is 1.53 bits per heavy atom. The maximum absolute atomic E-state index is 14.4. The van der Waals surface area contributed by atoms with Crippen LogP contribution in [-0.2, 0) is 9.59 Å². The van der Waals surface area contributed by atoms with Gasteiger partial charge < -0.3 is 0 Å². The van der Waals surface area contributed by atoms with Crippen LogP contribution in [0.4, 0.5) is 10.1 Å². The summed E-state index contributed by atoms with van der Waals surface area (Å²) >= 11 is 11.1. The van der Waals surface area contributed by atoms with Gasteiger partial charge in [0.1, 0.15) is 11.4 Å². The van der Waals surface area contributed by atoms with Gasteiger partial charge in [-0.15, -0.1) is 0 Å². The highest BCUT2D eigenvalue weighted by atomic mass is 35.5. The molecule has 0 aliphatic carbocycles. The van der Waals surface area contributed by atoms with E-state index < -0.39 is 17.6 Å². The van der Waals surface area contributed by atoms with Crippen LogP contribution >= 0.6 is 23.8 Å². The fraction of sp³-hybridized carbons (Fsp3) is 0. The average Bonchev–Trinajstić information content (AvgIpc) is 2.73. The zero-order chi connectivity index (χ0) is 21.3. The minimum atomic E-state index is -0.612. The van der Waals surface area contributed by atoms with Crippen molar-refractivity contribution >= 4 is 52.5 Å². The Balaban J connectivity index is 1.79. The van der Waals surface area contributed by atoms with Gasteiger partial charge in [-0.1, -0.05) is 54.1 Å². The molecule has 1 heterocycles. The molecular formula is C23H14ClFN2O2S. The fourth-order valence-electron chi connectivity index (χ4n) is 3.19. The van der Waals surface area contributed by atoms with Crippen LogP contribution in [0.3, 0.4) is 0 Å². The van der Waals surface area contributed by atoms with E-state index in [1.165, 1.54) is 17.0 Å². The molecule has 0 atom stereocenters. The summed E-state index contributed by atoms with van der Waals surface area (Å²) in [5, 5.41) is 3.02. The Hall–Kier alpha value is -3.35. The van der Waals surface area contributed by atoms with Crippen LogP contribution in [0.25, 0.3) is 17.2 Å². The number of carbonyl (C=O) groups excluding carboxylic acids is 2. The quantitative estimate of drug-likeness (QED) is 0.358. The third-order valence-electron chi connectivity index (χ3n) is 4.61. The number of nitrogens with one attached hydrogen (secondary N) is 1. The van der Waals surface area contributed by atoms with Gasteiger partial charge in [-0.2, -0.15) is 0 Å². The van der Waals surface area contributed by atoms with E-state index in [4.69, 9.17) is 23.8 Å². The van der Waals surface area contributed by atoms with Crippen LogP contribution < -0.4 is 10.2 Å². The standard InChI is InChI=1S/C23H14ClFN2O2S/c24-15-9-11-16(12-10-15)27-22(29)19(21(28)26-23(27)30)13-14-5-1-2-6-17(14)18-7-3-4-8-20(18)25/h1-13H,(H,26,28,30)/b19-13+. The molecule has 1 fully saturated rings. The highest BCUT2D eigenvalue weighted by Crippen LogP contribution is 2.29. The van der Waals surface area contributed by atoms with Crippen molar-refractivity contribution in [2.45, 2.75) is 0 Å². The number of benzene rings is 3. The van der Waals surface area contributed by atoms with Crippen LogP contribution in [0.2, 0.25) is 5.02 Å². The van der Waals surface area contributed by atoms with Crippen molar-refractivity contribution in [3.05, 3.63) is 94.8 Å². The predicted molar refractivity (Wildman–Crippen MR) is 119 cm³/mol. The summed E-state index contributed by atoms with van der Waals surface area (Å²) in [6.45, 7) is 0. The molecule has 0 unspecified atom stereocenters. The number of halogens is 2. The fourth-order valence-corrected chi connectivity index (χ4v) is 3.59. The Morgan fingerprint density at radius 1 is 0.900 bits per heavy atom. The van der Waals surface area contributed by atoms with Crippen LogP contribution in [0.5, 0.6) is 0 Å². The van der Waals surface area contributed by atoms with Crippen LogP contribution in [0, 0.1) is 5.82 Å². The van der Waals surface area contributed by atoms with E-state index in [0.717, 1.165) is 0 Å². The first kappa shape index (κ1) is 19.9. The monoisotopic (exact) mass is 436 g/mol. The number of hydrogen-bond donors (Lipinski definition) is 1. The molecular weight excluding hydrogens is 423 g/mol. The normalized spacial score (nSPS) is 15.5. The Labute approximate surface area is 182 Å². The van der Waals surface area contributed by atoms with Gasteiger partial charge in [-0.05, 0) is 59.8 Å². The summed E-state index contributed by atoms with van der Waals surface area (Å²) in [4.78, 5) is 26.9. The molecule has 0 spiro atoms. The highest BCUT2D eigenvalue weighted by molar-refractivity contribution is 7.80. The van der Waals surface area contributed by atoms with Gasteiger partial charge in [-0.3, -0.25) is 19.8 Å². The van der Waals surface area contributed by atoms with Crippen molar-refractivity contribution in [3.63, 3.8) is 0 Å². The van der Waals surface area contributed by atoms with Gasteiger partial charge in [0.25, 0.3) is 11.8 Å². The van der Waals surface area contributed by atoms with E-state index in [9.17, 15) is 14.0 Å². The van der Waals surface area contributed by atoms with Crippen molar-refractivity contribution in [2.75, 3.05) is 4.90 Å². The Bertz CT molecular complexity index is 1210. The van der Waals surface area contributed by atoms with Crippen molar-refractivity contribution in [2.24, 2.45) is 0 Å². The predicted octanol–water partition coefficient (Wildman–Crippen LogP) is 4.98. The SMILES string of the molecule is O=C1NC(=S)N(c2ccc(Cl)cc2)C(=O)/C1=C/c1ccccc1-c1ccccc1F. The summed E-state index contributed by atoms with van der Waals surface area (Å²) in [5.74, 6) is -1.58. The third-order valence-corrected chi connectivity index (χ3v) is 5.15. The molecule has 4 rings (SSSR count). The molecule has 3 aromatic rings. The first-order valence-corrected chi connectivity index (χ1v) is 9.75. The number of nitrogens with zero attached hydrogens (tertiary/aromatic N) is 1. The number of carbonyl (C=O) groups is 2. The van der Waals surface area contributed by atoms with Crippen LogP contribution in [-0.4, -0.2) is 16.9 Å². The summed E-state index contributed by atoms with van der Waals surface area (Å²) in [5.41, 5.74) is 1.84. The van der Waals surface area contributed by atoms with Gasteiger partial charge in [-0.25, -0.2) is 4.39 Å². The molecule has 0 bridgehead atoms. The molecule has 1 aliphatic rings. The van der Waals surface area contributed by atoms with Gasteiger partial charge >= 0.3 is 0 Å². The molecule has 2 amide bonds. The van der Waals surface area contributed by atoms with E-state index in [-0.39, 0.29) is 10.7 Å². The second-order valence-electron chi connectivity index (χ2n) is 6.50. The molecule has 0 radical (unpaired) electrons. The lowest BCUT2D eigenvalue weighted by Crippen LogP contribution is -2.54. The van der Waals surface area contributed by atoms with Gasteiger partial charge in [0.05, 0.1) is 5.69 Å². The summed E-state index contributed by atoms with van der Waals surface area (Å²) in [7, 11) is 0. The molecule has 0 aromatic heterocycles. The second kappa shape index (κ2) is 8.18. The molecule has 7 heteroatoms. The molecule has 1 aliphatic heterocycles. The number of rotatable bonds is 3. The number of hydrogen-bond acceptors (Lipinski definition) is 3. The lowest BCUT2D eigenvalue weighted by Gasteiger charge is -2.29. The lowest BCUT2D eigenvalue weighted by molar-refractivity contribution is -0.122. The molecule has 1 N–H and O–H groups in total. The Kier molecular flexibility index (Phi) is 5.44. The van der Waals surface area contributed by atoms with Crippen LogP contribution in [0.1, 0.15) is 5.56 Å². The van der Waals surface area contributed by atoms with Crippen molar-refractivity contribution in [1.29, 1.82) is 0 Å². The van der Waals surface area contributed by atoms with Gasteiger partial charge in [0.15, 0.2) is 5.11 Å². The van der Waals surface area contributed by atoms with E-state index >= 15 is 0 Å². The summed E-state index contributed by atoms with van der Waals surface area (Å²) in [6.07, 6.45) is 1.45. The molecule has 1 saturated heterocycles. The molecule has 4 nitrogen and oxygen atoms in total. The second-order valence-corrected chi connectivity index (χ2v) is 7.32. The molecule has 0 saturated carbocycles. The smallest absolute Gasteiger partial charge is 0.270 e. The zero-order valence-electron chi connectivity index (χ0n) is 15.4. The third kappa shape index (κ3) is 3.75. The Morgan fingerprint density at radius 3 is 2.23 bits per heavy atom. The van der Waals surface area contributed by atoms with Gasteiger partial charge in [0.2, 0.25) is 0 Å². The van der Waals surface area contributed by atoms with E-state index in [2.05, 4.69) is 5.32 Å². The average molecular weight is 437 g/mol. The van der Waals surface area contributed by atoms with E-state index in [1.807, 2.05) is 0 Å². The first-order chi connectivity index (χ1) is 14.5. The van der Waals surface area contributed by atoms with E-state index in [1.54, 1.807) is 66.7 Å². The van der Waals surface area contributed by atoms with Crippen molar-refractivity contribution in [3.8, 4) is 11.1 Å². The van der Waals surface area contributed by atoms with Crippen molar-refractivity contribution < 1.29 is 14.0 Å². The lowest BCUT2D eigenvalue weighted by atomic mass is 9.97. The number of amides is 2. The van der Waals surface area contributed by atoms with Gasteiger partial charge in [0, 0.05) is 10.6 Å². The summed E-state index contributed by atoms with van der Waals surface area (Å²) < 4.78 is 14.4. The maximum Gasteiger partial charge on any atom is 0.270 e. The van der Waals surface area contributed by atoms with Crippen LogP contribution in [0.15, 0.2) is 78.4 Å². The zero-order valence-corrected chi connectivity index (χ0v) is 17.0. The largest absolute Gasteiger partial charge is 0.298 e. The summed E-state index contributed by atoms with van der Waals surface area (Å²) in [6, 6.07) is 19.8.